The molecule has 2 aliphatic rings. The van der Waals surface area contributed by atoms with Crippen LogP contribution in [0.25, 0.3) is 0 Å². The maximum absolute atomic E-state index is 6.84. The first kappa shape index (κ1) is 38.5. The third-order valence-corrected chi connectivity index (χ3v) is 9.88. The van der Waals surface area contributed by atoms with E-state index in [1.54, 1.807) is 0 Å². The van der Waals surface area contributed by atoms with Crippen molar-refractivity contribution in [3.63, 3.8) is 0 Å². The van der Waals surface area contributed by atoms with Crippen molar-refractivity contribution in [2.24, 2.45) is 0 Å². The van der Waals surface area contributed by atoms with E-state index in [9.17, 15) is 0 Å². The summed E-state index contributed by atoms with van der Waals surface area (Å²) < 4.78 is 13.7. The molecule has 0 aromatic carbocycles. The highest BCUT2D eigenvalue weighted by molar-refractivity contribution is 4.89. The largest absolute Gasteiger partial charge is 0.344 e. The predicted octanol–water partition coefficient (Wildman–Crippen LogP) is 12.5. The van der Waals surface area contributed by atoms with Gasteiger partial charge in [0.1, 0.15) is 0 Å². The van der Waals surface area contributed by atoms with Crippen LogP contribution in [0.4, 0.5) is 0 Å². The number of hydrogen-bond acceptors (Lipinski definition) is 3. The van der Waals surface area contributed by atoms with E-state index in [2.05, 4.69) is 50.1 Å². The SMILES string of the molecule is CCCCCC/C=C\CCCCCCCCC1(CCCCCCCC/C=C\CCCCCC)O[C@H]2CCN(C)CC[C@H]2O1. The van der Waals surface area contributed by atoms with E-state index in [4.69, 9.17) is 9.47 Å². The Morgan fingerprint density at radius 1 is 0.488 bits per heavy atom. The standard InChI is InChI=1S/C40H75NO2/c1-4-6-8-10-12-14-16-18-20-22-24-26-28-30-34-40(42-38-32-36-41(3)37-33-39(38)43-40)35-31-29-27-25-23-21-19-17-15-13-11-9-7-5-2/h14-17,38-39H,4-13,18-37H2,1-3H3/b16-14-,17-15-/t38-,39+. The van der Waals surface area contributed by atoms with Crippen molar-refractivity contribution in [2.45, 2.75) is 212 Å². The van der Waals surface area contributed by atoms with Crippen molar-refractivity contribution in [1.82, 2.24) is 4.90 Å². The summed E-state index contributed by atoms with van der Waals surface area (Å²) in [6, 6.07) is 0. The maximum atomic E-state index is 6.84. The van der Waals surface area contributed by atoms with Crippen LogP contribution >= 0.6 is 0 Å². The molecule has 0 bridgehead atoms. The van der Waals surface area contributed by atoms with Gasteiger partial charge >= 0.3 is 0 Å². The van der Waals surface area contributed by atoms with Crippen LogP contribution in [0.5, 0.6) is 0 Å². The highest BCUT2D eigenvalue weighted by Crippen LogP contribution is 2.40. The van der Waals surface area contributed by atoms with Crippen molar-refractivity contribution in [2.75, 3.05) is 20.1 Å². The lowest BCUT2D eigenvalue weighted by molar-refractivity contribution is -0.188. The summed E-state index contributed by atoms with van der Waals surface area (Å²) >= 11 is 0. The molecule has 0 unspecified atom stereocenters. The highest BCUT2D eigenvalue weighted by atomic mass is 16.8. The van der Waals surface area contributed by atoms with E-state index in [1.165, 1.54) is 154 Å². The summed E-state index contributed by atoms with van der Waals surface area (Å²) in [5, 5.41) is 0. The van der Waals surface area contributed by atoms with Crippen molar-refractivity contribution < 1.29 is 9.47 Å². The number of rotatable bonds is 28. The second kappa shape index (κ2) is 26.6. The van der Waals surface area contributed by atoms with Gasteiger partial charge in [0.05, 0.1) is 12.2 Å². The molecule has 3 heteroatoms. The van der Waals surface area contributed by atoms with Gasteiger partial charge in [-0.3, -0.25) is 0 Å². The van der Waals surface area contributed by atoms with E-state index < -0.39 is 0 Å². The Morgan fingerprint density at radius 3 is 1.19 bits per heavy atom. The Hall–Kier alpha value is -0.640. The Kier molecular flexibility index (Phi) is 23.8. The second-order valence-electron chi connectivity index (χ2n) is 14.1. The van der Waals surface area contributed by atoms with E-state index in [0.717, 1.165) is 38.8 Å². The molecule has 252 valence electrons. The average Bonchev–Trinajstić information content (AvgIpc) is 3.27. The summed E-state index contributed by atoms with van der Waals surface area (Å²) in [6.07, 6.45) is 47.0. The minimum atomic E-state index is -0.297. The normalized spacial score (nSPS) is 20.8. The van der Waals surface area contributed by atoms with Crippen LogP contribution in [0.15, 0.2) is 24.3 Å². The maximum Gasteiger partial charge on any atom is 0.169 e. The molecule has 2 atom stereocenters. The van der Waals surface area contributed by atoms with Gasteiger partial charge in [0.25, 0.3) is 0 Å². The first-order valence-electron chi connectivity index (χ1n) is 19.5. The minimum absolute atomic E-state index is 0.297. The zero-order valence-corrected chi connectivity index (χ0v) is 29.4. The van der Waals surface area contributed by atoms with Crippen molar-refractivity contribution in [1.29, 1.82) is 0 Å². The van der Waals surface area contributed by atoms with Crippen molar-refractivity contribution >= 4 is 0 Å². The molecule has 2 rings (SSSR count). The van der Waals surface area contributed by atoms with E-state index in [-0.39, 0.29) is 5.79 Å². The van der Waals surface area contributed by atoms with Crippen LogP contribution in [0, 0.1) is 0 Å². The molecule has 0 aromatic heterocycles. The summed E-state index contributed by atoms with van der Waals surface area (Å²) in [7, 11) is 2.24. The molecule has 0 spiro atoms. The molecule has 2 aliphatic heterocycles. The van der Waals surface area contributed by atoms with Gasteiger partial charge in [-0.2, -0.15) is 0 Å². The molecule has 0 radical (unpaired) electrons. The Balaban J connectivity index is 1.57. The Bertz CT molecular complexity index is 617. The number of allylic oxidation sites excluding steroid dienone is 4. The lowest BCUT2D eigenvalue weighted by atomic mass is 9.98. The van der Waals surface area contributed by atoms with Gasteiger partial charge in [-0.1, -0.05) is 128 Å². The topological polar surface area (TPSA) is 21.7 Å². The predicted molar refractivity (Wildman–Crippen MR) is 189 cm³/mol. The van der Waals surface area contributed by atoms with Crippen LogP contribution in [-0.2, 0) is 9.47 Å². The number of fused-ring (bicyclic) bond motifs is 1. The molecule has 43 heavy (non-hydrogen) atoms. The number of likely N-dealkylation sites (tertiary alicyclic amines) is 1. The molecule has 3 nitrogen and oxygen atoms in total. The Labute approximate surface area is 270 Å². The molecular weight excluding hydrogens is 526 g/mol. The molecule has 2 saturated heterocycles. The lowest BCUT2D eigenvalue weighted by Gasteiger charge is -2.29. The summed E-state index contributed by atoms with van der Waals surface area (Å²) in [6.45, 7) is 6.86. The molecule has 0 saturated carbocycles. The summed E-state index contributed by atoms with van der Waals surface area (Å²) in [4.78, 5) is 2.44. The second-order valence-corrected chi connectivity index (χ2v) is 14.1. The number of hydrogen-bond donors (Lipinski definition) is 0. The fourth-order valence-corrected chi connectivity index (χ4v) is 6.97. The third kappa shape index (κ3) is 19.5. The van der Waals surface area contributed by atoms with Crippen LogP contribution in [-0.4, -0.2) is 43.0 Å². The minimum Gasteiger partial charge on any atom is -0.344 e. The average molecular weight is 602 g/mol. The Morgan fingerprint density at radius 2 is 0.814 bits per heavy atom. The van der Waals surface area contributed by atoms with Gasteiger partial charge in [-0.05, 0) is 84.1 Å². The zero-order chi connectivity index (χ0) is 30.7. The van der Waals surface area contributed by atoms with Gasteiger partial charge in [0.2, 0.25) is 0 Å². The number of ether oxygens (including phenoxy) is 2. The van der Waals surface area contributed by atoms with Gasteiger partial charge < -0.3 is 14.4 Å². The summed E-state index contributed by atoms with van der Waals surface area (Å²) in [5.74, 6) is -0.297. The monoisotopic (exact) mass is 602 g/mol. The molecule has 0 aromatic rings. The van der Waals surface area contributed by atoms with Crippen LogP contribution < -0.4 is 0 Å². The van der Waals surface area contributed by atoms with Crippen LogP contribution in [0.3, 0.4) is 0 Å². The molecular formula is C40H75NO2. The molecule has 0 amide bonds. The molecule has 0 N–H and O–H groups in total. The van der Waals surface area contributed by atoms with Crippen molar-refractivity contribution in [3.05, 3.63) is 24.3 Å². The summed E-state index contributed by atoms with van der Waals surface area (Å²) in [5.41, 5.74) is 0. The van der Waals surface area contributed by atoms with Crippen LogP contribution in [0.1, 0.15) is 194 Å². The smallest absolute Gasteiger partial charge is 0.169 e. The fourth-order valence-electron chi connectivity index (χ4n) is 6.97. The number of unbranched alkanes of at least 4 members (excludes halogenated alkanes) is 20. The first-order chi connectivity index (χ1) is 21.2. The van der Waals surface area contributed by atoms with Crippen LogP contribution in [0.2, 0.25) is 0 Å². The third-order valence-electron chi connectivity index (χ3n) is 9.88. The lowest BCUT2D eigenvalue weighted by Crippen LogP contribution is -2.32. The number of nitrogens with zero attached hydrogens (tertiary/aromatic N) is 1. The molecule has 2 fully saturated rings. The molecule has 2 heterocycles. The van der Waals surface area contributed by atoms with E-state index >= 15 is 0 Å². The first-order valence-corrected chi connectivity index (χ1v) is 19.5. The molecule has 0 aliphatic carbocycles. The zero-order valence-electron chi connectivity index (χ0n) is 29.4. The highest BCUT2D eigenvalue weighted by Gasteiger charge is 2.47. The van der Waals surface area contributed by atoms with Crippen molar-refractivity contribution in [3.8, 4) is 0 Å². The quantitative estimate of drug-likeness (QED) is 0.0657. The van der Waals surface area contributed by atoms with E-state index in [1.807, 2.05) is 0 Å². The van der Waals surface area contributed by atoms with Gasteiger partial charge in [0, 0.05) is 25.9 Å². The van der Waals surface area contributed by atoms with E-state index in [0.29, 0.717) is 12.2 Å². The van der Waals surface area contributed by atoms with Gasteiger partial charge in [-0.25, -0.2) is 0 Å². The van der Waals surface area contributed by atoms with Gasteiger partial charge in [0.15, 0.2) is 5.79 Å². The van der Waals surface area contributed by atoms with Gasteiger partial charge in [-0.15, -0.1) is 0 Å². The fraction of sp³-hybridized carbons (Fsp3) is 0.900.